The van der Waals surface area contributed by atoms with Crippen molar-refractivity contribution >= 4 is 5.97 Å². The minimum absolute atomic E-state index is 0.202. The van der Waals surface area contributed by atoms with Gasteiger partial charge < -0.3 is 9.47 Å². The highest BCUT2D eigenvalue weighted by molar-refractivity contribution is 5.76. The fourth-order valence-corrected chi connectivity index (χ4v) is 1.66. The van der Waals surface area contributed by atoms with Crippen LogP contribution in [-0.4, -0.2) is 17.9 Å². The van der Waals surface area contributed by atoms with E-state index in [0.29, 0.717) is 0 Å². The van der Waals surface area contributed by atoms with Gasteiger partial charge in [0.15, 0.2) is 6.10 Å². The van der Waals surface area contributed by atoms with Crippen LogP contribution in [0.25, 0.3) is 0 Å². The SMILES string of the molecule is CCCCCC[C@@H]1OC(C)(C)OC1=O. The normalized spacial score (nSPS) is 25.1. The second-order valence-electron chi connectivity index (χ2n) is 4.28. The van der Waals surface area contributed by atoms with Crippen molar-refractivity contribution in [2.75, 3.05) is 0 Å². The highest BCUT2D eigenvalue weighted by Crippen LogP contribution is 2.26. The van der Waals surface area contributed by atoms with E-state index >= 15 is 0 Å². The summed E-state index contributed by atoms with van der Waals surface area (Å²) in [6.45, 7) is 5.72. The number of ether oxygens (including phenoxy) is 2. The zero-order valence-corrected chi connectivity index (χ0v) is 9.34. The van der Waals surface area contributed by atoms with Crippen molar-refractivity contribution in [2.24, 2.45) is 0 Å². The van der Waals surface area contributed by atoms with Crippen LogP contribution < -0.4 is 0 Å². The van der Waals surface area contributed by atoms with E-state index in [1.165, 1.54) is 19.3 Å². The van der Waals surface area contributed by atoms with Gasteiger partial charge in [0.05, 0.1) is 0 Å². The summed E-state index contributed by atoms with van der Waals surface area (Å²) in [4.78, 5) is 11.3. The molecule has 1 rings (SSSR count). The fraction of sp³-hybridized carbons (Fsp3) is 0.909. The molecule has 0 amide bonds. The standard InChI is InChI=1S/C11H20O3/c1-4-5-6-7-8-9-10(12)14-11(2,3)13-9/h9H,4-8H2,1-3H3/t9-/m0/s1. The molecule has 1 aliphatic rings. The van der Waals surface area contributed by atoms with Gasteiger partial charge in [0.2, 0.25) is 5.79 Å². The highest BCUT2D eigenvalue weighted by atomic mass is 16.8. The third-order valence-electron chi connectivity index (χ3n) is 2.36. The van der Waals surface area contributed by atoms with E-state index in [-0.39, 0.29) is 12.1 Å². The number of cyclic esters (lactones) is 1. The highest BCUT2D eigenvalue weighted by Gasteiger charge is 2.40. The summed E-state index contributed by atoms with van der Waals surface area (Å²) in [5, 5.41) is 0. The second-order valence-corrected chi connectivity index (χ2v) is 4.28. The third-order valence-corrected chi connectivity index (χ3v) is 2.36. The Kier molecular flexibility index (Phi) is 3.93. The summed E-state index contributed by atoms with van der Waals surface area (Å²) in [6, 6.07) is 0. The lowest BCUT2D eigenvalue weighted by Crippen LogP contribution is -2.21. The maximum Gasteiger partial charge on any atom is 0.337 e. The molecule has 0 spiro atoms. The topological polar surface area (TPSA) is 35.5 Å². The van der Waals surface area contributed by atoms with E-state index in [4.69, 9.17) is 9.47 Å². The molecule has 1 heterocycles. The molecule has 0 aromatic rings. The first-order valence-electron chi connectivity index (χ1n) is 5.46. The Morgan fingerprint density at radius 3 is 2.50 bits per heavy atom. The zero-order valence-electron chi connectivity index (χ0n) is 9.34. The molecule has 82 valence electrons. The average molecular weight is 200 g/mol. The second kappa shape index (κ2) is 4.78. The number of carbonyl (C=O) groups excluding carboxylic acids is 1. The number of hydrogen-bond donors (Lipinski definition) is 0. The van der Waals surface area contributed by atoms with Crippen molar-refractivity contribution in [3.63, 3.8) is 0 Å². The van der Waals surface area contributed by atoms with Gasteiger partial charge in [0.1, 0.15) is 0 Å². The van der Waals surface area contributed by atoms with Crippen LogP contribution in [0.1, 0.15) is 52.9 Å². The predicted octanol–water partition coefficient (Wildman–Crippen LogP) is 2.63. The van der Waals surface area contributed by atoms with Crippen LogP contribution >= 0.6 is 0 Å². The van der Waals surface area contributed by atoms with Gasteiger partial charge in [-0.2, -0.15) is 0 Å². The molecule has 1 atom stereocenters. The van der Waals surface area contributed by atoms with E-state index in [1.54, 1.807) is 13.8 Å². The van der Waals surface area contributed by atoms with Crippen LogP contribution in [0.2, 0.25) is 0 Å². The van der Waals surface area contributed by atoms with Crippen molar-refractivity contribution in [3.8, 4) is 0 Å². The van der Waals surface area contributed by atoms with Crippen molar-refractivity contribution in [3.05, 3.63) is 0 Å². The molecule has 0 aromatic heterocycles. The van der Waals surface area contributed by atoms with E-state index in [0.717, 1.165) is 12.8 Å². The van der Waals surface area contributed by atoms with Crippen LogP contribution in [0.4, 0.5) is 0 Å². The molecule has 0 unspecified atom stereocenters. The minimum Gasteiger partial charge on any atom is -0.432 e. The number of carbonyl (C=O) groups is 1. The van der Waals surface area contributed by atoms with Gasteiger partial charge in [-0.1, -0.05) is 32.6 Å². The largest absolute Gasteiger partial charge is 0.432 e. The third kappa shape index (κ3) is 3.29. The summed E-state index contributed by atoms with van der Waals surface area (Å²) in [6.07, 6.45) is 5.12. The first-order chi connectivity index (χ1) is 6.55. The Hall–Kier alpha value is -0.570. The fourth-order valence-electron chi connectivity index (χ4n) is 1.66. The van der Waals surface area contributed by atoms with Gasteiger partial charge in [0.25, 0.3) is 0 Å². The quantitative estimate of drug-likeness (QED) is 0.505. The van der Waals surface area contributed by atoms with Crippen molar-refractivity contribution in [2.45, 2.75) is 64.8 Å². The maximum absolute atomic E-state index is 11.3. The molecule has 0 saturated carbocycles. The smallest absolute Gasteiger partial charge is 0.337 e. The van der Waals surface area contributed by atoms with Gasteiger partial charge in [-0.25, -0.2) is 4.79 Å². The van der Waals surface area contributed by atoms with Crippen molar-refractivity contribution in [1.29, 1.82) is 0 Å². The first-order valence-corrected chi connectivity index (χ1v) is 5.46. The Morgan fingerprint density at radius 2 is 2.00 bits per heavy atom. The van der Waals surface area contributed by atoms with Crippen LogP contribution in [0.5, 0.6) is 0 Å². The van der Waals surface area contributed by atoms with Crippen molar-refractivity contribution < 1.29 is 14.3 Å². The molecule has 3 heteroatoms. The molecule has 0 aliphatic carbocycles. The maximum atomic E-state index is 11.3. The summed E-state index contributed by atoms with van der Waals surface area (Å²) in [7, 11) is 0. The molecule has 1 fully saturated rings. The monoisotopic (exact) mass is 200 g/mol. The van der Waals surface area contributed by atoms with Crippen LogP contribution in [0.15, 0.2) is 0 Å². The van der Waals surface area contributed by atoms with E-state index < -0.39 is 5.79 Å². The molecule has 0 N–H and O–H groups in total. The molecule has 3 nitrogen and oxygen atoms in total. The molecular formula is C11H20O3. The Morgan fingerprint density at radius 1 is 1.29 bits per heavy atom. The lowest BCUT2D eigenvalue weighted by molar-refractivity contribution is -0.160. The minimum atomic E-state index is -0.716. The van der Waals surface area contributed by atoms with E-state index in [2.05, 4.69) is 6.92 Å². The van der Waals surface area contributed by atoms with Crippen LogP contribution in [0, 0.1) is 0 Å². The van der Waals surface area contributed by atoms with Crippen molar-refractivity contribution in [1.82, 2.24) is 0 Å². The molecular weight excluding hydrogens is 180 g/mol. The number of hydrogen-bond acceptors (Lipinski definition) is 3. The van der Waals surface area contributed by atoms with Gasteiger partial charge >= 0.3 is 5.97 Å². The zero-order chi connectivity index (χ0) is 10.6. The summed E-state index contributed by atoms with van der Waals surface area (Å²) < 4.78 is 10.5. The number of unbranched alkanes of at least 4 members (excludes halogenated alkanes) is 3. The first kappa shape index (κ1) is 11.5. The summed E-state index contributed by atoms with van der Waals surface area (Å²) in [5.74, 6) is -0.918. The Bertz CT molecular complexity index is 199. The molecule has 0 aromatic carbocycles. The summed E-state index contributed by atoms with van der Waals surface area (Å²) in [5.41, 5.74) is 0. The molecule has 14 heavy (non-hydrogen) atoms. The number of esters is 1. The lowest BCUT2D eigenvalue weighted by Gasteiger charge is -2.15. The molecule has 1 aliphatic heterocycles. The van der Waals surface area contributed by atoms with Crippen LogP contribution in [0.3, 0.4) is 0 Å². The Labute approximate surface area is 85.8 Å². The average Bonchev–Trinajstić information content (AvgIpc) is 2.34. The summed E-state index contributed by atoms with van der Waals surface area (Å²) >= 11 is 0. The molecule has 0 radical (unpaired) electrons. The number of rotatable bonds is 5. The predicted molar refractivity (Wildman–Crippen MR) is 53.8 cm³/mol. The molecule has 0 bridgehead atoms. The van der Waals surface area contributed by atoms with Gasteiger partial charge in [-0.3, -0.25) is 0 Å². The van der Waals surface area contributed by atoms with Gasteiger partial charge in [-0.05, 0) is 6.42 Å². The lowest BCUT2D eigenvalue weighted by atomic mass is 10.1. The van der Waals surface area contributed by atoms with Gasteiger partial charge in [-0.15, -0.1) is 0 Å². The van der Waals surface area contributed by atoms with E-state index in [9.17, 15) is 4.79 Å². The van der Waals surface area contributed by atoms with Crippen LogP contribution in [-0.2, 0) is 14.3 Å². The van der Waals surface area contributed by atoms with E-state index in [1.807, 2.05) is 0 Å². The Balaban J connectivity index is 2.22. The molecule has 1 saturated heterocycles. The van der Waals surface area contributed by atoms with Gasteiger partial charge in [0, 0.05) is 13.8 Å².